The maximum Gasteiger partial charge on any atom is 0.0330 e. The van der Waals surface area contributed by atoms with Gasteiger partial charge in [-0.05, 0) is 43.7 Å². The quantitative estimate of drug-likeness (QED) is 0.884. The summed E-state index contributed by atoms with van der Waals surface area (Å²) < 4.78 is 0. The second-order valence-electron chi connectivity index (χ2n) is 5.41. The smallest absolute Gasteiger partial charge is 0.0330 e. The molecule has 2 nitrogen and oxygen atoms in total. The second kappa shape index (κ2) is 5.09. The number of piperidine rings is 1. The predicted molar refractivity (Wildman–Crippen MR) is 73.4 cm³/mol. The van der Waals surface area contributed by atoms with E-state index in [9.17, 15) is 0 Å². The number of hydrogen-bond acceptors (Lipinski definition) is 3. The Morgan fingerprint density at radius 3 is 2.71 bits per heavy atom. The average molecular weight is 250 g/mol. The summed E-state index contributed by atoms with van der Waals surface area (Å²) in [6.07, 6.45) is 5.51. The highest BCUT2D eigenvalue weighted by molar-refractivity contribution is 7.09. The molecule has 3 heterocycles. The van der Waals surface area contributed by atoms with Crippen LogP contribution in [0.2, 0.25) is 0 Å². The van der Waals surface area contributed by atoms with Crippen LogP contribution in [0.3, 0.4) is 0 Å². The second-order valence-corrected chi connectivity index (χ2v) is 6.44. The van der Waals surface area contributed by atoms with Crippen LogP contribution in [0.25, 0.3) is 0 Å². The molecule has 2 fully saturated rings. The van der Waals surface area contributed by atoms with Gasteiger partial charge in [-0.3, -0.25) is 4.90 Å². The molecule has 1 N–H and O–H groups in total. The number of thiophene rings is 1. The summed E-state index contributed by atoms with van der Waals surface area (Å²) in [6, 6.07) is 6.84. The van der Waals surface area contributed by atoms with Crippen LogP contribution >= 0.6 is 11.3 Å². The molecule has 0 amide bonds. The Bertz CT molecular complexity index is 337. The first-order chi connectivity index (χ1) is 8.35. The van der Waals surface area contributed by atoms with Crippen LogP contribution in [-0.4, -0.2) is 29.6 Å². The van der Waals surface area contributed by atoms with Crippen molar-refractivity contribution in [3.05, 3.63) is 22.4 Å². The molecular formula is C14H22N2S. The third kappa shape index (κ3) is 2.56. The zero-order chi connectivity index (χ0) is 11.7. The van der Waals surface area contributed by atoms with Crippen LogP contribution in [-0.2, 0) is 6.54 Å². The molecule has 3 heteroatoms. The van der Waals surface area contributed by atoms with E-state index in [1.807, 2.05) is 11.3 Å². The lowest BCUT2D eigenvalue weighted by Crippen LogP contribution is -2.47. The molecule has 94 valence electrons. The SMILES string of the molecule is CCN(Cc1cccs1)C1CC2CCC(C1)N2. The normalized spacial score (nSPS) is 32.2. The molecule has 1 aromatic heterocycles. The van der Waals surface area contributed by atoms with Crippen LogP contribution in [0.4, 0.5) is 0 Å². The lowest BCUT2D eigenvalue weighted by molar-refractivity contribution is 0.142. The molecule has 0 spiro atoms. The van der Waals surface area contributed by atoms with E-state index >= 15 is 0 Å². The molecular weight excluding hydrogens is 228 g/mol. The molecule has 3 rings (SSSR count). The number of nitrogens with one attached hydrogen (secondary N) is 1. The summed E-state index contributed by atoms with van der Waals surface area (Å²) in [5.41, 5.74) is 0. The summed E-state index contributed by atoms with van der Waals surface area (Å²) in [4.78, 5) is 4.19. The van der Waals surface area contributed by atoms with Crippen molar-refractivity contribution in [3.8, 4) is 0 Å². The third-order valence-electron chi connectivity index (χ3n) is 4.31. The Balaban J connectivity index is 1.64. The van der Waals surface area contributed by atoms with Crippen molar-refractivity contribution in [3.63, 3.8) is 0 Å². The van der Waals surface area contributed by atoms with Gasteiger partial charge in [-0.25, -0.2) is 0 Å². The van der Waals surface area contributed by atoms with Gasteiger partial charge in [0.25, 0.3) is 0 Å². The van der Waals surface area contributed by atoms with Gasteiger partial charge in [-0.15, -0.1) is 11.3 Å². The number of fused-ring (bicyclic) bond motifs is 2. The molecule has 2 atom stereocenters. The zero-order valence-corrected chi connectivity index (χ0v) is 11.4. The minimum Gasteiger partial charge on any atom is -0.311 e. The van der Waals surface area contributed by atoms with Crippen LogP contribution in [0.15, 0.2) is 17.5 Å². The Hall–Kier alpha value is -0.380. The van der Waals surface area contributed by atoms with Gasteiger partial charge in [0, 0.05) is 29.5 Å². The van der Waals surface area contributed by atoms with Gasteiger partial charge in [0.1, 0.15) is 0 Å². The van der Waals surface area contributed by atoms with Crippen LogP contribution in [0.5, 0.6) is 0 Å². The minimum absolute atomic E-state index is 0.802. The largest absolute Gasteiger partial charge is 0.311 e. The fraction of sp³-hybridized carbons (Fsp3) is 0.714. The van der Waals surface area contributed by atoms with Crippen molar-refractivity contribution in [2.75, 3.05) is 6.54 Å². The molecule has 0 aromatic carbocycles. The van der Waals surface area contributed by atoms with E-state index in [-0.39, 0.29) is 0 Å². The van der Waals surface area contributed by atoms with Gasteiger partial charge in [-0.2, -0.15) is 0 Å². The lowest BCUT2D eigenvalue weighted by Gasteiger charge is -2.37. The monoisotopic (exact) mass is 250 g/mol. The first kappa shape index (κ1) is 11.7. The molecule has 2 aliphatic rings. The topological polar surface area (TPSA) is 15.3 Å². The van der Waals surface area contributed by atoms with Crippen molar-refractivity contribution in [1.29, 1.82) is 0 Å². The molecule has 0 radical (unpaired) electrons. The van der Waals surface area contributed by atoms with Crippen molar-refractivity contribution in [2.24, 2.45) is 0 Å². The Morgan fingerprint density at radius 1 is 1.35 bits per heavy atom. The maximum atomic E-state index is 3.73. The van der Waals surface area contributed by atoms with Crippen molar-refractivity contribution in [2.45, 2.75) is 57.3 Å². The Labute approximate surface area is 108 Å². The molecule has 2 bridgehead atoms. The van der Waals surface area contributed by atoms with Crippen LogP contribution < -0.4 is 5.32 Å². The third-order valence-corrected chi connectivity index (χ3v) is 5.17. The Morgan fingerprint density at radius 2 is 2.12 bits per heavy atom. The van der Waals surface area contributed by atoms with Gasteiger partial charge in [0.05, 0.1) is 0 Å². The van der Waals surface area contributed by atoms with Crippen molar-refractivity contribution < 1.29 is 0 Å². The molecule has 1 aromatic rings. The summed E-state index contributed by atoms with van der Waals surface area (Å²) in [5, 5.41) is 5.92. The van der Waals surface area contributed by atoms with E-state index in [0.717, 1.165) is 24.7 Å². The fourth-order valence-corrected chi connectivity index (χ4v) is 4.16. The van der Waals surface area contributed by atoms with Crippen LogP contribution in [0, 0.1) is 0 Å². The molecule has 17 heavy (non-hydrogen) atoms. The van der Waals surface area contributed by atoms with E-state index < -0.39 is 0 Å². The maximum absolute atomic E-state index is 3.73. The van der Waals surface area contributed by atoms with Gasteiger partial charge >= 0.3 is 0 Å². The van der Waals surface area contributed by atoms with E-state index in [1.165, 1.54) is 37.1 Å². The fourth-order valence-electron chi connectivity index (χ4n) is 3.43. The molecule has 2 aliphatic heterocycles. The summed E-state index contributed by atoms with van der Waals surface area (Å²) in [5.74, 6) is 0. The summed E-state index contributed by atoms with van der Waals surface area (Å²) in [7, 11) is 0. The van der Waals surface area contributed by atoms with Crippen molar-refractivity contribution in [1.82, 2.24) is 10.2 Å². The lowest BCUT2D eigenvalue weighted by atomic mass is 9.98. The van der Waals surface area contributed by atoms with Gasteiger partial charge in [0.2, 0.25) is 0 Å². The van der Waals surface area contributed by atoms with E-state index in [1.54, 1.807) is 0 Å². The van der Waals surface area contributed by atoms with Gasteiger partial charge in [-0.1, -0.05) is 13.0 Å². The number of nitrogens with zero attached hydrogens (tertiary/aromatic N) is 1. The first-order valence-corrected chi connectivity index (χ1v) is 7.75. The highest BCUT2D eigenvalue weighted by Crippen LogP contribution is 2.30. The first-order valence-electron chi connectivity index (χ1n) is 6.87. The number of rotatable bonds is 4. The van der Waals surface area contributed by atoms with Crippen molar-refractivity contribution >= 4 is 11.3 Å². The molecule has 0 aliphatic carbocycles. The average Bonchev–Trinajstić information content (AvgIpc) is 2.96. The molecule has 2 saturated heterocycles. The Kier molecular flexibility index (Phi) is 3.50. The highest BCUT2D eigenvalue weighted by Gasteiger charge is 2.35. The van der Waals surface area contributed by atoms with E-state index in [4.69, 9.17) is 0 Å². The highest BCUT2D eigenvalue weighted by atomic mass is 32.1. The minimum atomic E-state index is 0.802. The number of hydrogen-bond donors (Lipinski definition) is 1. The van der Waals surface area contributed by atoms with Gasteiger partial charge in [0.15, 0.2) is 0 Å². The standard InChI is InChI=1S/C14H22N2S/c1-2-16(10-14-4-3-7-17-14)13-8-11-5-6-12(9-13)15-11/h3-4,7,11-13,15H,2,5-6,8-10H2,1H3. The van der Waals surface area contributed by atoms with E-state index in [2.05, 4.69) is 34.7 Å². The van der Waals surface area contributed by atoms with Gasteiger partial charge < -0.3 is 5.32 Å². The van der Waals surface area contributed by atoms with E-state index in [0.29, 0.717) is 0 Å². The predicted octanol–water partition coefficient (Wildman–Crippen LogP) is 2.85. The summed E-state index contributed by atoms with van der Waals surface area (Å²) in [6.45, 7) is 4.64. The van der Waals surface area contributed by atoms with Crippen LogP contribution in [0.1, 0.15) is 37.5 Å². The zero-order valence-electron chi connectivity index (χ0n) is 10.6. The molecule has 0 saturated carbocycles. The molecule has 2 unspecified atom stereocenters. The summed E-state index contributed by atoms with van der Waals surface area (Å²) >= 11 is 1.89.